The van der Waals surface area contributed by atoms with Crippen molar-refractivity contribution in [3.8, 4) is 11.3 Å². The van der Waals surface area contributed by atoms with Crippen LogP contribution in [0.3, 0.4) is 0 Å². The molecule has 9 heteroatoms. The van der Waals surface area contributed by atoms with Gasteiger partial charge in [0.2, 0.25) is 0 Å². The molecule has 1 aliphatic heterocycles. The van der Waals surface area contributed by atoms with E-state index in [9.17, 15) is 12.8 Å². The minimum atomic E-state index is -3.61. The molecule has 1 fully saturated rings. The Morgan fingerprint density at radius 3 is 2.62 bits per heavy atom. The highest BCUT2D eigenvalue weighted by atomic mass is 79.9. The van der Waals surface area contributed by atoms with Crippen LogP contribution in [0.25, 0.3) is 11.3 Å². The molecule has 1 aliphatic rings. The van der Waals surface area contributed by atoms with Crippen molar-refractivity contribution in [2.45, 2.75) is 23.0 Å². The van der Waals surface area contributed by atoms with Gasteiger partial charge in [0.15, 0.2) is 15.0 Å². The van der Waals surface area contributed by atoms with E-state index in [2.05, 4.69) is 20.8 Å². The van der Waals surface area contributed by atoms with Gasteiger partial charge in [-0.2, -0.15) is 0 Å². The van der Waals surface area contributed by atoms with Crippen LogP contribution in [0.4, 0.5) is 9.52 Å². The van der Waals surface area contributed by atoms with Crippen molar-refractivity contribution in [3.63, 3.8) is 0 Å². The zero-order valence-corrected chi connectivity index (χ0v) is 19.2. The topological polar surface area (TPSA) is 50.3 Å². The summed E-state index contributed by atoms with van der Waals surface area (Å²) < 4.78 is 40.1. The highest BCUT2D eigenvalue weighted by molar-refractivity contribution is 9.10. The number of hydrogen-bond acceptors (Lipinski definition) is 5. The van der Waals surface area contributed by atoms with E-state index >= 15 is 0 Å². The van der Waals surface area contributed by atoms with Gasteiger partial charge in [0.25, 0.3) is 0 Å². The molecule has 0 saturated carbocycles. The summed E-state index contributed by atoms with van der Waals surface area (Å²) in [4.78, 5) is 6.85. The van der Waals surface area contributed by atoms with Crippen LogP contribution < -0.4 is 4.90 Å². The normalized spacial score (nSPS) is 15.6. The molecule has 152 valence electrons. The van der Waals surface area contributed by atoms with Crippen LogP contribution in [-0.4, -0.2) is 31.7 Å². The van der Waals surface area contributed by atoms with Gasteiger partial charge in [0, 0.05) is 28.5 Å². The van der Waals surface area contributed by atoms with Gasteiger partial charge in [-0.1, -0.05) is 39.7 Å². The number of aromatic nitrogens is 1. The van der Waals surface area contributed by atoms with Gasteiger partial charge in [-0.15, -0.1) is 11.3 Å². The summed E-state index contributed by atoms with van der Waals surface area (Å²) in [6.45, 7) is 1.18. The largest absolute Gasteiger partial charge is 0.348 e. The molecule has 0 spiro atoms. The Morgan fingerprint density at radius 1 is 1.17 bits per heavy atom. The Kier molecular flexibility index (Phi) is 5.97. The predicted octanol–water partition coefficient (Wildman–Crippen LogP) is 5.81. The quantitative estimate of drug-likeness (QED) is 0.412. The lowest BCUT2D eigenvalue weighted by Crippen LogP contribution is -2.39. The molecule has 1 saturated heterocycles. The summed E-state index contributed by atoms with van der Waals surface area (Å²) in [5.74, 6) is -0.547. The number of thiazole rings is 1. The molecule has 0 radical (unpaired) electrons. The highest BCUT2D eigenvalue weighted by Gasteiger charge is 2.33. The van der Waals surface area contributed by atoms with E-state index in [0.717, 1.165) is 33.0 Å². The first-order chi connectivity index (χ1) is 13.8. The van der Waals surface area contributed by atoms with Gasteiger partial charge in [0.05, 0.1) is 20.9 Å². The lowest BCUT2D eigenvalue weighted by Gasteiger charge is -2.31. The van der Waals surface area contributed by atoms with Crippen molar-refractivity contribution in [2.75, 3.05) is 18.0 Å². The Morgan fingerprint density at radius 2 is 1.93 bits per heavy atom. The number of piperidine rings is 1. The molecule has 0 amide bonds. The standard InChI is InChI=1S/C20H17BrClFN2O2S2/c21-14-3-1-2-13(10-14)18-12-28-20(24-18)25-8-6-16(7-9-25)29(26,27)19-5-4-15(23)11-17(19)22/h1-5,10-12,16H,6-9H2. The summed E-state index contributed by atoms with van der Waals surface area (Å²) >= 11 is 11.0. The first-order valence-electron chi connectivity index (χ1n) is 9.00. The van der Waals surface area contributed by atoms with Gasteiger partial charge in [0.1, 0.15) is 5.82 Å². The van der Waals surface area contributed by atoms with Crippen LogP contribution in [0.1, 0.15) is 12.8 Å². The molecule has 0 N–H and O–H groups in total. The van der Waals surface area contributed by atoms with Crippen LogP contribution in [0.2, 0.25) is 5.02 Å². The number of rotatable bonds is 4. The van der Waals surface area contributed by atoms with E-state index in [1.165, 1.54) is 6.07 Å². The Balaban J connectivity index is 1.47. The zero-order chi connectivity index (χ0) is 20.6. The summed E-state index contributed by atoms with van der Waals surface area (Å²) in [7, 11) is -3.61. The fourth-order valence-electron chi connectivity index (χ4n) is 3.43. The summed E-state index contributed by atoms with van der Waals surface area (Å²) in [6, 6.07) is 11.4. The average molecular weight is 516 g/mol. The van der Waals surface area contributed by atoms with Gasteiger partial charge in [-0.05, 0) is 43.2 Å². The number of nitrogens with zero attached hydrogens (tertiary/aromatic N) is 2. The third-order valence-corrected chi connectivity index (χ3v) is 9.10. The lowest BCUT2D eigenvalue weighted by molar-refractivity contribution is 0.529. The maximum atomic E-state index is 13.3. The second-order valence-corrected chi connectivity index (χ2v) is 11.2. The van der Waals surface area contributed by atoms with Crippen LogP contribution in [-0.2, 0) is 9.84 Å². The van der Waals surface area contributed by atoms with Gasteiger partial charge in [-0.3, -0.25) is 0 Å². The van der Waals surface area contributed by atoms with Crippen molar-refractivity contribution in [3.05, 3.63) is 63.2 Å². The molecule has 1 aromatic heterocycles. The number of benzene rings is 2. The molecule has 4 rings (SSSR count). The average Bonchev–Trinajstić information content (AvgIpc) is 3.18. The minimum Gasteiger partial charge on any atom is -0.348 e. The van der Waals surface area contributed by atoms with E-state index in [1.54, 1.807) is 11.3 Å². The van der Waals surface area contributed by atoms with E-state index in [1.807, 2.05) is 29.6 Å². The fourth-order valence-corrected chi connectivity index (χ4v) is 6.99. The Bertz CT molecular complexity index is 1140. The molecule has 2 aromatic carbocycles. The molecular formula is C20H17BrClFN2O2S2. The molecule has 2 heterocycles. The monoisotopic (exact) mass is 514 g/mol. The third-order valence-electron chi connectivity index (χ3n) is 4.96. The summed E-state index contributed by atoms with van der Waals surface area (Å²) in [5, 5.41) is 2.30. The first-order valence-corrected chi connectivity index (χ1v) is 12.6. The van der Waals surface area contributed by atoms with Crippen LogP contribution in [0.15, 0.2) is 57.2 Å². The molecule has 29 heavy (non-hydrogen) atoms. The summed E-state index contributed by atoms with van der Waals surface area (Å²) in [5.41, 5.74) is 1.93. The van der Waals surface area contributed by atoms with Gasteiger partial charge >= 0.3 is 0 Å². The Hall–Kier alpha value is -1.48. The maximum Gasteiger partial charge on any atom is 0.185 e. The SMILES string of the molecule is O=S(=O)(c1ccc(F)cc1Cl)C1CCN(c2nc(-c3cccc(Br)c3)cs2)CC1. The second-order valence-electron chi connectivity index (χ2n) is 6.83. The smallest absolute Gasteiger partial charge is 0.185 e. The number of anilines is 1. The lowest BCUT2D eigenvalue weighted by atomic mass is 10.1. The fraction of sp³-hybridized carbons (Fsp3) is 0.250. The van der Waals surface area contributed by atoms with Crippen molar-refractivity contribution in [2.24, 2.45) is 0 Å². The van der Waals surface area contributed by atoms with Gasteiger partial charge in [-0.25, -0.2) is 17.8 Å². The third kappa shape index (κ3) is 4.35. The highest BCUT2D eigenvalue weighted by Crippen LogP contribution is 2.34. The molecule has 0 aliphatic carbocycles. The van der Waals surface area contributed by atoms with Crippen LogP contribution in [0, 0.1) is 5.82 Å². The Labute approximate surface area is 186 Å². The first kappa shape index (κ1) is 20.8. The van der Waals surface area contributed by atoms with Crippen LogP contribution >= 0.6 is 38.9 Å². The number of hydrogen-bond donors (Lipinski definition) is 0. The van der Waals surface area contributed by atoms with Gasteiger partial charge < -0.3 is 4.90 Å². The summed E-state index contributed by atoms with van der Waals surface area (Å²) in [6.07, 6.45) is 0.948. The molecule has 3 aromatic rings. The molecule has 0 atom stereocenters. The van der Waals surface area contributed by atoms with Crippen molar-refractivity contribution >= 4 is 53.8 Å². The maximum absolute atomic E-state index is 13.3. The minimum absolute atomic E-state index is 0.00482. The number of sulfone groups is 1. The number of halogens is 3. The second kappa shape index (κ2) is 8.34. The van der Waals surface area contributed by atoms with Crippen molar-refractivity contribution in [1.29, 1.82) is 0 Å². The van der Waals surface area contributed by atoms with E-state index in [-0.39, 0.29) is 9.92 Å². The van der Waals surface area contributed by atoms with E-state index in [4.69, 9.17) is 16.6 Å². The van der Waals surface area contributed by atoms with Crippen LogP contribution in [0.5, 0.6) is 0 Å². The zero-order valence-electron chi connectivity index (χ0n) is 15.2. The van der Waals surface area contributed by atoms with E-state index in [0.29, 0.717) is 25.9 Å². The molecule has 0 unspecified atom stereocenters. The predicted molar refractivity (Wildman–Crippen MR) is 119 cm³/mol. The van der Waals surface area contributed by atoms with Crippen molar-refractivity contribution < 1.29 is 12.8 Å². The molecule has 4 nitrogen and oxygen atoms in total. The molecular weight excluding hydrogens is 499 g/mol. The van der Waals surface area contributed by atoms with E-state index < -0.39 is 20.9 Å². The van der Waals surface area contributed by atoms with Crippen molar-refractivity contribution in [1.82, 2.24) is 4.98 Å². The molecule has 0 bridgehead atoms.